The summed E-state index contributed by atoms with van der Waals surface area (Å²) in [6.07, 6.45) is -0.298. The highest BCUT2D eigenvalue weighted by atomic mass is 16.5. The first-order chi connectivity index (χ1) is 12.5. The van der Waals surface area contributed by atoms with Crippen LogP contribution in [0.15, 0.2) is 6.07 Å². The Morgan fingerprint density at radius 3 is 2.23 bits per heavy atom. The first-order valence-electron chi connectivity index (χ1n) is 9.82. The van der Waals surface area contributed by atoms with Gasteiger partial charge in [0.25, 0.3) is 0 Å². The van der Waals surface area contributed by atoms with E-state index in [1.165, 1.54) is 0 Å². The van der Waals surface area contributed by atoms with E-state index >= 15 is 0 Å². The van der Waals surface area contributed by atoms with Crippen molar-refractivity contribution in [1.82, 2.24) is 19.8 Å². The number of aryl methyl sites for hydroxylation is 1. The summed E-state index contributed by atoms with van der Waals surface area (Å²) in [5, 5.41) is 10.4. The van der Waals surface area contributed by atoms with Gasteiger partial charge in [-0.1, -0.05) is 13.8 Å². The van der Waals surface area contributed by atoms with Crippen LogP contribution in [0.25, 0.3) is 0 Å². The van der Waals surface area contributed by atoms with Crippen LogP contribution in [0.3, 0.4) is 0 Å². The molecule has 146 valence electrons. The fraction of sp³-hybridized carbons (Fsp3) is 0.789. The van der Waals surface area contributed by atoms with Crippen molar-refractivity contribution in [2.24, 2.45) is 0 Å². The van der Waals surface area contributed by atoms with Crippen molar-refractivity contribution in [3.63, 3.8) is 0 Å². The average molecular weight is 364 g/mol. The topological polar surface area (TPSA) is 65.0 Å². The Kier molecular flexibility index (Phi) is 6.80. The zero-order chi connectivity index (χ0) is 18.5. The van der Waals surface area contributed by atoms with Crippen LogP contribution in [-0.2, 0) is 4.74 Å². The molecular weight excluding hydrogens is 330 g/mol. The Morgan fingerprint density at radius 1 is 1.00 bits per heavy atom. The van der Waals surface area contributed by atoms with Gasteiger partial charge in [0, 0.05) is 70.0 Å². The number of hydrogen-bond acceptors (Lipinski definition) is 7. The summed E-state index contributed by atoms with van der Waals surface area (Å²) in [6.45, 7) is 15.0. The van der Waals surface area contributed by atoms with Gasteiger partial charge in [0.15, 0.2) is 0 Å². The standard InChI is InChI=1S/C19H33N5O2/c1-15(2)19-20-16(3)12-18(21-19)24-6-4-22(5-7-24)13-17(25)14-23-8-10-26-11-9-23/h12,15,17,25H,4-11,13-14H2,1-3H3/t17-/m1/s1. The normalized spacial score (nSPS) is 21.3. The Labute approximate surface area is 157 Å². The molecule has 3 rings (SSSR count). The van der Waals surface area contributed by atoms with Crippen LogP contribution in [0, 0.1) is 6.92 Å². The highest BCUT2D eigenvalue weighted by Crippen LogP contribution is 2.18. The fourth-order valence-corrected chi connectivity index (χ4v) is 3.59. The van der Waals surface area contributed by atoms with Crippen LogP contribution in [0.1, 0.15) is 31.3 Å². The molecule has 0 unspecified atom stereocenters. The van der Waals surface area contributed by atoms with E-state index in [1.807, 2.05) is 6.92 Å². The minimum absolute atomic E-state index is 0.298. The highest BCUT2D eigenvalue weighted by Gasteiger charge is 2.22. The molecule has 0 bridgehead atoms. The molecule has 1 N–H and O–H groups in total. The second-order valence-corrected chi connectivity index (χ2v) is 7.73. The van der Waals surface area contributed by atoms with E-state index in [2.05, 4.69) is 39.6 Å². The number of morpholine rings is 1. The van der Waals surface area contributed by atoms with Crippen molar-refractivity contribution < 1.29 is 9.84 Å². The molecule has 7 nitrogen and oxygen atoms in total. The van der Waals surface area contributed by atoms with Crippen LogP contribution in [0.2, 0.25) is 0 Å². The molecule has 2 aliphatic rings. The minimum Gasteiger partial charge on any atom is -0.390 e. The number of piperazine rings is 1. The van der Waals surface area contributed by atoms with Gasteiger partial charge in [-0.15, -0.1) is 0 Å². The van der Waals surface area contributed by atoms with Crippen molar-refractivity contribution in [3.05, 3.63) is 17.6 Å². The molecular formula is C19H33N5O2. The Hall–Kier alpha value is -1.28. The highest BCUT2D eigenvalue weighted by molar-refractivity contribution is 5.40. The first kappa shape index (κ1) is 19.5. The lowest BCUT2D eigenvalue weighted by Gasteiger charge is -2.37. The van der Waals surface area contributed by atoms with Crippen LogP contribution < -0.4 is 4.90 Å². The second-order valence-electron chi connectivity index (χ2n) is 7.73. The summed E-state index contributed by atoms with van der Waals surface area (Å²) in [7, 11) is 0. The monoisotopic (exact) mass is 363 g/mol. The van der Waals surface area contributed by atoms with Crippen molar-refractivity contribution >= 4 is 5.82 Å². The van der Waals surface area contributed by atoms with E-state index in [-0.39, 0.29) is 6.10 Å². The van der Waals surface area contributed by atoms with Gasteiger partial charge >= 0.3 is 0 Å². The van der Waals surface area contributed by atoms with E-state index in [9.17, 15) is 5.11 Å². The largest absolute Gasteiger partial charge is 0.390 e. The fourth-order valence-electron chi connectivity index (χ4n) is 3.59. The smallest absolute Gasteiger partial charge is 0.133 e. The molecule has 3 heterocycles. The number of aliphatic hydroxyl groups excluding tert-OH is 1. The van der Waals surface area contributed by atoms with Gasteiger partial charge in [0.2, 0.25) is 0 Å². The molecule has 0 saturated carbocycles. The van der Waals surface area contributed by atoms with E-state index in [0.29, 0.717) is 5.92 Å². The van der Waals surface area contributed by atoms with Crippen LogP contribution in [0.4, 0.5) is 5.82 Å². The third kappa shape index (κ3) is 5.36. The third-order valence-corrected chi connectivity index (χ3v) is 5.11. The van der Waals surface area contributed by atoms with Gasteiger partial charge in [-0.25, -0.2) is 9.97 Å². The first-order valence-corrected chi connectivity index (χ1v) is 9.82. The summed E-state index contributed by atoms with van der Waals surface area (Å²) in [5.74, 6) is 2.29. The molecule has 0 aliphatic carbocycles. The lowest BCUT2D eigenvalue weighted by atomic mass is 10.2. The number of β-amino-alcohol motifs (C(OH)–C–C–N with tert-alkyl or cyclic N) is 1. The van der Waals surface area contributed by atoms with E-state index < -0.39 is 0 Å². The molecule has 0 radical (unpaired) electrons. The van der Waals surface area contributed by atoms with E-state index in [1.54, 1.807) is 0 Å². The maximum Gasteiger partial charge on any atom is 0.133 e. The number of aromatic nitrogens is 2. The van der Waals surface area contributed by atoms with Gasteiger partial charge in [-0.3, -0.25) is 9.80 Å². The summed E-state index contributed by atoms with van der Waals surface area (Å²) in [5.41, 5.74) is 1.03. The number of hydrogen-bond donors (Lipinski definition) is 1. The zero-order valence-electron chi connectivity index (χ0n) is 16.4. The molecule has 2 aliphatic heterocycles. The number of aliphatic hydroxyl groups is 1. The SMILES string of the molecule is Cc1cc(N2CCN(C[C@@H](O)CN3CCOCC3)CC2)nc(C(C)C)n1. The van der Waals surface area contributed by atoms with Crippen LogP contribution in [-0.4, -0.2) is 96.6 Å². The molecule has 0 spiro atoms. The summed E-state index contributed by atoms with van der Waals surface area (Å²) >= 11 is 0. The average Bonchev–Trinajstić information content (AvgIpc) is 2.62. The lowest BCUT2D eigenvalue weighted by Crippen LogP contribution is -2.51. The predicted octanol–water partition coefficient (Wildman–Crippen LogP) is 0.724. The molecule has 1 aromatic rings. The van der Waals surface area contributed by atoms with E-state index in [4.69, 9.17) is 9.72 Å². The maximum absolute atomic E-state index is 10.4. The lowest BCUT2D eigenvalue weighted by molar-refractivity contribution is 0.00655. The quantitative estimate of drug-likeness (QED) is 0.799. The van der Waals surface area contributed by atoms with Crippen molar-refractivity contribution in [1.29, 1.82) is 0 Å². The third-order valence-electron chi connectivity index (χ3n) is 5.11. The summed E-state index contributed by atoms with van der Waals surface area (Å²) in [4.78, 5) is 16.3. The summed E-state index contributed by atoms with van der Waals surface area (Å²) in [6, 6.07) is 2.08. The van der Waals surface area contributed by atoms with Crippen molar-refractivity contribution in [2.75, 3.05) is 70.5 Å². The molecule has 1 aromatic heterocycles. The molecule has 26 heavy (non-hydrogen) atoms. The van der Waals surface area contributed by atoms with Gasteiger partial charge in [-0.05, 0) is 6.92 Å². The molecule has 1 atom stereocenters. The Bertz CT molecular complexity index is 569. The predicted molar refractivity (Wildman–Crippen MR) is 103 cm³/mol. The minimum atomic E-state index is -0.298. The van der Waals surface area contributed by atoms with Crippen molar-refractivity contribution in [3.8, 4) is 0 Å². The van der Waals surface area contributed by atoms with Gasteiger partial charge in [-0.2, -0.15) is 0 Å². The molecule has 0 amide bonds. The number of rotatable bonds is 6. The molecule has 2 fully saturated rings. The molecule has 0 aromatic carbocycles. The van der Waals surface area contributed by atoms with Gasteiger partial charge in [0.05, 0.1) is 19.3 Å². The van der Waals surface area contributed by atoms with Gasteiger partial charge in [0.1, 0.15) is 11.6 Å². The van der Waals surface area contributed by atoms with Gasteiger partial charge < -0.3 is 14.7 Å². The maximum atomic E-state index is 10.4. The Morgan fingerprint density at radius 2 is 1.62 bits per heavy atom. The zero-order valence-corrected chi connectivity index (χ0v) is 16.4. The van der Waals surface area contributed by atoms with Crippen LogP contribution in [0.5, 0.6) is 0 Å². The second kappa shape index (κ2) is 9.08. The van der Waals surface area contributed by atoms with E-state index in [0.717, 1.165) is 82.9 Å². The molecule has 2 saturated heterocycles. The Balaban J connectivity index is 1.48. The van der Waals surface area contributed by atoms with Crippen molar-refractivity contribution in [2.45, 2.75) is 32.8 Å². The number of ether oxygens (including phenoxy) is 1. The van der Waals surface area contributed by atoms with Crippen LogP contribution >= 0.6 is 0 Å². The molecule has 7 heteroatoms. The number of anilines is 1. The number of nitrogens with zero attached hydrogens (tertiary/aromatic N) is 5. The summed E-state index contributed by atoms with van der Waals surface area (Å²) < 4.78 is 5.37.